The number of aryl methyl sites for hydroxylation is 1. The molecule has 2 aromatic rings. The number of hydrogen-bond acceptors (Lipinski definition) is 5. The van der Waals surface area contributed by atoms with Gasteiger partial charge in [-0.25, -0.2) is 8.42 Å². The molecule has 0 radical (unpaired) electrons. The molecule has 0 aliphatic heterocycles. The van der Waals surface area contributed by atoms with Gasteiger partial charge < -0.3 is 0 Å². The molecule has 2 rings (SSSR count). The second kappa shape index (κ2) is 5.87. The number of nitro groups is 1. The first kappa shape index (κ1) is 15.5. The highest BCUT2D eigenvalue weighted by molar-refractivity contribution is 8.00. The van der Waals surface area contributed by atoms with Gasteiger partial charge in [0.2, 0.25) is 0 Å². The van der Waals surface area contributed by atoms with Gasteiger partial charge in [-0.3, -0.25) is 10.1 Å². The normalized spacial score (nSPS) is 11.3. The fourth-order valence-electron chi connectivity index (χ4n) is 1.82. The highest BCUT2D eigenvalue weighted by Crippen LogP contribution is 2.38. The monoisotopic (exact) mass is 323 g/mol. The summed E-state index contributed by atoms with van der Waals surface area (Å²) in [6.07, 6.45) is 1.12. The molecule has 0 fully saturated rings. The van der Waals surface area contributed by atoms with E-state index in [2.05, 4.69) is 0 Å². The summed E-state index contributed by atoms with van der Waals surface area (Å²) in [6.45, 7) is 1.77. The Balaban J connectivity index is 2.52. The van der Waals surface area contributed by atoms with Gasteiger partial charge in [0.25, 0.3) is 5.69 Å². The van der Waals surface area contributed by atoms with Crippen molar-refractivity contribution in [3.8, 4) is 0 Å². The maximum atomic E-state index is 11.8. The van der Waals surface area contributed by atoms with Crippen LogP contribution in [-0.2, 0) is 9.84 Å². The third-order valence-electron chi connectivity index (χ3n) is 2.78. The van der Waals surface area contributed by atoms with E-state index in [-0.39, 0.29) is 10.6 Å². The number of nitrogens with zero attached hydrogens (tertiary/aromatic N) is 1. The van der Waals surface area contributed by atoms with E-state index < -0.39 is 14.8 Å². The second-order valence-corrected chi connectivity index (χ2v) is 7.62. The lowest BCUT2D eigenvalue weighted by atomic mass is 10.2. The van der Waals surface area contributed by atoms with Crippen LogP contribution in [0.25, 0.3) is 0 Å². The molecule has 0 N–H and O–H groups in total. The largest absolute Gasteiger partial charge is 0.283 e. The Morgan fingerprint density at radius 1 is 1.10 bits per heavy atom. The van der Waals surface area contributed by atoms with Crippen LogP contribution in [-0.4, -0.2) is 19.6 Å². The van der Waals surface area contributed by atoms with Crippen LogP contribution in [0, 0.1) is 17.0 Å². The fourth-order valence-corrected chi connectivity index (χ4v) is 4.08. The van der Waals surface area contributed by atoms with Gasteiger partial charge in [0, 0.05) is 17.2 Å². The molecule has 0 bridgehead atoms. The first-order valence-electron chi connectivity index (χ1n) is 6.01. The van der Waals surface area contributed by atoms with Gasteiger partial charge in [0.15, 0.2) is 9.84 Å². The smallest absolute Gasteiger partial charge is 0.258 e. The zero-order chi connectivity index (χ0) is 15.6. The van der Waals surface area contributed by atoms with E-state index in [4.69, 9.17) is 0 Å². The average molecular weight is 323 g/mol. The minimum atomic E-state index is -3.39. The summed E-state index contributed by atoms with van der Waals surface area (Å²) in [4.78, 5) is 11.7. The zero-order valence-electron chi connectivity index (χ0n) is 11.4. The van der Waals surface area contributed by atoms with Crippen molar-refractivity contribution >= 4 is 27.3 Å². The SMILES string of the molecule is Cc1ccc(Sc2ccccc2S(C)(=O)=O)c([N+](=O)[O-])c1. The highest BCUT2D eigenvalue weighted by Gasteiger charge is 2.19. The van der Waals surface area contributed by atoms with Crippen molar-refractivity contribution in [1.82, 2.24) is 0 Å². The van der Waals surface area contributed by atoms with Gasteiger partial charge in [-0.15, -0.1) is 0 Å². The predicted molar refractivity (Wildman–Crippen MR) is 81.5 cm³/mol. The summed E-state index contributed by atoms with van der Waals surface area (Å²) in [7, 11) is -3.39. The summed E-state index contributed by atoms with van der Waals surface area (Å²) in [5, 5.41) is 11.1. The van der Waals surface area contributed by atoms with E-state index in [0.29, 0.717) is 9.79 Å². The van der Waals surface area contributed by atoms with Gasteiger partial charge in [0.1, 0.15) is 0 Å². The van der Waals surface area contributed by atoms with Gasteiger partial charge in [-0.1, -0.05) is 30.0 Å². The minimum Gasteiger partial charge on any atom is -0.258 e. The number of hydrogen-bond donors (Lipinski definition) is 0. The molecule has 0 aliphatic carbocycles. The summed E-state index contributed by atoms with van der Waals surface area (Å²) in [6, 6.07) is 11.4. The van der Waals surface area contributed by atoms with E-state index in [9.17, 15) is 18.5 Å². The Morgan fingerprint density at radius 3 is 2.38 bits per heavy atom. The highest BCUT2D eigenvalue weighted by atomic mass is 32.2. The molecule has 0 atom stereocenters. The van der Waals surface area contributed by atoms with Crippen LogP contribution in [0.2, 0.25) is 0 Å². The molecule has 21 heavy (non-hydrogen) atoms. The lowest BCUT2D eigenvalue weighted by Gasteiger charge is -2.08. The first-order valence-corrected chi connectivity index (χ1v) is 8.72. The van der Waals surface area contributed by atoms with Crippen LogP contribution in [0.4, 0.5) is 5.69 Å². The van der Waals surface area contributed by atoms with E-state index in [1.807, 2.05) is 0 Å². The van der Waals surface area contributed by atoms with Gasteiger partial charge in [-0.05, 0) is 30.7 Å². The molecule has 0 heterocycles. The van der Waals surface area contributed by atoms with Crippen LogP contribution in [0.15, 0.2) is 57.2 Å². The summed E-state index contributed by atoms with van der Waals surface area (Å²) in [5.41, 5.74) is 0.755. The van der Waals surface area contributed by atoms with Crippen LogP contribution in [0.3, 0.4) is 0 Å². The Kier molecular flexibility index (Phi) is 4.34. The summed E-state index contributed by atoms with van der Waals surface area (Å²) < 4.78 is 23.5. The molecule has 5 nitrogen and oxygen atoms in total. The number of nitro benzene ring substituents is 1. The van der Waals surface area contributed by atoms with Gasteiger partial charge in [-0.2, -0.15) is 0 Å². The first-order chi connectivity index (χ1) is 9.79. The Bertz CT molecular complexity index is 800. The van der Waals surface area contributed by atoms with Crippen molar-refractivity contribution in [2.45, 2.75) is 21.6 Å². The summed E-state index contributed by atoms with van der Waals surface area (Å²) >= 11 is 1.08. The van der Waals surface area contributed by atoms with E-state index in [1.54, 1.807) is 37.3 Å². The minimum absolute atomic E-state index is 0.0247. The third kappa shape index (κ3) is 3.62. The third-order valence-corrected chi connectivity index (χ3v) is 5.20. The van der Waals surface area contributed by atoms with Crippen LogP contribution >= 0.6 is 11.8 Å². The summed E-state index contributed by atoms with van der Waals surface area (Å²) in [5.74, 6) is 0. The van der Waals surface area contributed by atoms with Crippen LogP contribution in [0.1, 0.15) is 5.56 Å². The maximum Gasteiger partial charge on any atom is 0.283 e. The molecule has 0 saturated carbocycles. The van der Waals surface area contributed by atoms with Crippen molar-refractivity contribution in [2.75, 3.05) is 6.26 Å². The molecular weight excluding hydrogens is 310 g/mol. The second-order valence-electron chi connectivity index (χ2n) is 4.55. The van der Waals surface area contributed by atoms with Crippen LogP contribution < -0.4 is 0 Å². The predicted octanol–water partition coefficient (Wildman–Crippen LogP) is 3.46. The Labute approximate surface area is 127 Å². The number of rotatable bonds is 4. The molecule has 2 aromatic carbocycles. The van der Waals surface area contributed by atoms with Crippen molar-refractivity contribution in [3.05, 3.63) is 58.1 Å². The number of benzene rings is 2. The zero-order valence-corrected chi connectivity index (χ0v) is 13.1. The standard InChI is InChI=1S/C14H13NO4S2/c1-10-7-8-12(11(9-10)15(16)17)20-13-5-3-4-6-14(13)21(2,18)19/h3-9H,1-2H3. The average Bonchev–Trinajstić information content (AvgIpc) is 2.40. The molecule has 0 spiro atoms. The fraction of sp³-hybridized carbons (Fsp3) is 0.143. The van der Waals surface area contributed by atoms with E-state index >= 15 is 0 Å². The number of sulfone groups is 1. The molecule has 0 aliphatic rings. The van der Waals surface area contributed by atoms with Crippen molar-refractivity contribution in [2.24, 2.45) is 0 Å². The molecule has 0 unspecified atom stereocenters. The molecule has 0 saturated heterocycles. The molecule has 110 valence electrons. The Morgan fingerprint density at radius 2 is 1.76 bits per heavy atom. The van der Waals surface area contributed by atoms with E-state index in [0.717, 1.165) is 23.6 Å². The van der Waals surface area contributed by atoms with E-state index in [1.165, 1.54) is 12.1 Å². The van der Waals surface area contributed by atoms with Crippen molar-refractivity contribution in [1.29, 1.82) is 0 Å². The lowest BCUT2D eigenvalue weighted by molar-refractivity contribution is -0.387. The molecular formula is C14H13NO4S2. The molecule has 7 heteroatoms. The molecule has 0 aromatic heterocycles. The molecule has 0 amide bonds. The van der Waals surface area contributed by atoms with Crippen LogP contribution in [0.5, 0.6) is 0 Å². The maximum absolute atomic E-state index is 11.8. The quantitative estimate of drug-likeness (QED) is 0.636. The Hall–Kier alpha value is -1.86. The van der Waals surface area contributed by atoms with Crippen molar-refractivity contribution in [3.63, 3.8) is 0 Å². The van der Waals surface area contributed by atoms with Crippen molar-refractivity contribution < 1.29 is 13.3 Å². The van der Waals surface area contributed by atoms with Gasteiger partial charge in [0.05, 0.1) is 14.7 Å². The topological polar surface area (TPSA) is 77.3 Å². The van der Waals surface area contributed by atoms with Gasteiger partial charge >= 0.3 is 0 Å². The lowest BCUT2D eigenvalue weighted by Crippen LogP contribution is -1.99.